The fourth-order valence-corrected chi connectivity index (χ4v) is 11.7. The Labute approximate surface area is 457 Å². The molecule has 0 amide bonds. The van der Waals surface area contributed by atoms with Gasteiger partial charge in [0.1, 0.15) is 12.2 Å². The molecular formula is C60H71N4O13P. The van der Waals surface area contributed by atoms with Crippen LogP contribution in [0, 0.1) is 15.5 Å². The molecule has 0 aliphatic carbocycles. The summed E-state index contributed by atoms with van der Waals surface area (Å²) in [6.07, 6.45) is 2.97. The molecule has 1 fully saturated rings. The maximum atomic E-state index is 14.3. The number of hydrogen-bond acceptors (Lipinski definition) is 16. The summed E-state index contributed by atoms with van der Waals surface area (Å²) in [4.78, 5) is 65.5. The molecule has 3 aliphatic rings. The number of nitro groups is 1. The normalized spacial score (nSPS) is 17.3. The van der Waals surface area contributed by atoms with Crippen molar-refractivity contribution in [2.75, 3.05) is 44.5 Å². The summed E-state index contributed by atoms with van der Waals surface area (Å²) < 4.78 is 48.1. The van der Waals surface area contributed by atoms with Gasteiger partial charge in [0.25, 0.3) is 5.69 Å². The first kappa shape index (κ1) is 59.7. The summed E-state index contributed by atoms with van der Waals surface area (Å²) in [5.74, 6) is -3.85. The minimum Gasteiger partial charge on any atom is -0.463 e. The van der Waals surface area contributed by atoms with Crippen molar-refractivity contribution in [3.8, 4) is 0 Å². The fraction of sp³-hybridized carbons (Fsp3) is 0.367. The summed E-state index contributed by atoms with van der Waals surface area (Å²) in [5.41, 5.74) is 5.72. The molecule has 1 atom stereocenters. The lowest BCUT2D eigenvalue weighted by molar-refractivity contribution is -0.384. The van der Waals surface area contributed by atoms with Crippen LogP contribution in [0.5, 0.6) is 0 Å². The van der Waals surface area contributed by atoms with E-state index < -0.39 is 53.8 Å². The van der Waals surface area contributed by atoms with E-state index in [1.807, 2.05) is 98.8 Å². The molecule has 4 aromatic carbocycles. The quantitative estimate of drug-likeness (QED) is 0.0251. The molecule has 4 aromatic rings. The molecule has 3 aliphatic heterocycles. The molecule has 0 aromatic heterocycles. The highest BCUT2D eigenvalue weighted by molar-refractivity contribution is 7.58. The summed E-state index contributed by atoms with van der Waals surface area (Å²) >= 11 is 0. The molecule has 0 radical (unpaired) electrons. The van der Waals surface area contributed by atoms with E-state index in [-0.39, 0.29) is 55.0 Å². The highest BCUT2D eigenvalue weighted by atomic mass is 31.2. The summed E-state index contributed by atoms with van der Waals surface area (Å²) in [6, 6.07) is 33.1. The van der Waals surface area contributed by atoms with Crippen LogP contribution in [0.2, 0.25) is 0 Å². The van der Waals surface area contributed by atoms with Gasteiger partial charge in [-0.05, 0) is 103 Å². The van der Waals surface area contributed by atoms with Crippen LogP contribution in [0.4, 0.5) is 11.4 Å². The summed E-state index contributed by atoms with van der Waals surface area (Å²) in [6.45, 7) is 21.6. The van der Waals surface area contributed by atoms with Crippen molar-refractivity contribution < 1.29 is 56.7 Å². The van der Waals surface area contributed by atoms with E-state index >= 15 is 0 Å². The van der Waals surface area contributed by atoms with Crippen LogP contribution in [0.15, 0.2) is 160 Å². The number of carbonyl (C=O) groups is 4. The van der Waals surface area contributed by atoms with Crippen molar-refractivity contribution in [1.82, 2.24) is 10.6 Å². The average molecular weight is 1090 g/mol. The number of ether oxygens (including phenoxy) is 4. The summed E-state index contributed by atoms with van der Waals surface area (Å²) in [7, 11) is -3.91. The third kappa shape index (κ3) is 15.1. The zero-order valence-corrected chi connectivity index (χ0v) is 47.2. The first-order valence-electron chi connectivity index (χ1n) is 25.8. The number of anilines is 1. The van der Waals surface area contributed by atoms with Gasteiger partial charge in [-0.2, -0.15) is 0 Å². The van der Waals surface area contributed by atoms with Gasteiger partial charge in [-0.15, -0.1) is 0 Å². The van der Waals surface area contributed by atoms with Crippen LogP contribution in [0.3, 0.4) is 0 Å². The molecule has 0 spiro atoms. The molecule has 1 saturated heterocycles. The molecular weight excluding hydrogens is 1020 g/mol. The number of esters is 4. The first-order chi connectivity index (χ1) is 37.0. The van der Waals surface area contributed by atoms with Gasteiger partial charge in [-0.25, -0.2) is 19.2 Å². The first-order valence-corrected chi connectivity index (χ1v) is 27.4. The lowest BCUT2D eigenvalue weighted by Crippen LogP contribution is -2.34. The van der Waals surface area contributed by atoms with Crippen LogP contribution in [-0.2, 0) is 58.3 Å². The molecule has 414 valence electrons. The number of benzene rings is 4. The standard InChI is InChI=1S/C34H38N3O7P.C26H33NO6/c1-24-30(33(38)42-19-18-36(28-15-9-6-10-16-28)21-26-12-7-5-8-13-26)31(27-14-11-17-29(20-27)37(39)40)32(25(2)35-24)45(41)43-22-34(3,4)23-44-45;1-8-31-24(29)21-16(3)27-17(4)22(25(30)32-9-2)23(21)19-13-11-10-12-18(19)14-15-20(28)33-26(5,6)7/h5-17,20,31,35H,18-19,21-23H2,1-4H3;10-15,23,27H,8-9H2,1-7H3/b;15-14+. The Hall–Kier alpha value is -7.59. The molecule has 2 N–H and O–H groups in total. The van der Waals surface area contributed by atoms with Gasteiger partial charge in [0.2, 0.25) is 0 Å². The predicted molar refractivity (Wildman–Crippen MR) is 298 cm³/mol. The zero-order chi connectivity index (χ0) is 57.0. The number of non-ortho nitro benzene ring substituents is 1. The number of rotatable bonds is 17. The number of carbonyl (C=O) groups excluding carboxylic acids is 4. The average Bonchev–Trinajstić information content (AvgIpc) is 3.59. The Kier molecular flexibility index (Phi) is 20.0. The van der Waals surface area contributed by atoms with Gasteiger partial charge in [-0.3, -0.25) is 14.7 Å². The van der Waals surface area contributed by atoms with Gasteiger partial charge >= 0.3 is 31.5 Å². The molecule has 18 heteroatoms. The highest BCUT2D eigenvalue weighted by Crippen LogP contribution is 2.66. The maximum absolute atomic E-state index is 14.3. The number of hydrogen-bond donors (Lipinski definition) is 2. The monoisotopic (exact) mass is 1090 g/mol. The molecule has 1 unspecified atom stereocenters. The Morgan fingerprint density at radius 3 is 1.82 bits per heavy atom. The number of nitrogens with one attached hydrogen (secondary N) is 2. The Morgan fingerprint density at radius 1 is 0.731 bits per heavy atom. The number of nitrogens with zero attached hydrogens (tertiary/aromatic N) is 2. The molecule has 7 rings (SSSR count). The van der Waals surface area contributed by atoms with E-state index in [2.05, 4.69) is 15.5 Å². The molecule has 0 saturated carbocycles. The largest absolute Gasteiger partial charge is 0.463 e. The lowest BCUT2D eigenvalue weighted by Gasteiger charge is -2.39. The van der Waals surface area contributed by atoms with E-state index in [1.165, 1.54) is 18.2 Å². The topological polar surface area (TPSA) is 211 Å². The Morgan fingerprint density at radius 2 is 1.26 bits per heavy atom. The van der Waals surface area contributed by atoms with Gasteiger partial charge in [0.15, 0.2) is 0 Å². The molecule has 3 heterocycles. The smallest absolute Gasteiger partial charge is 0.360 e. The van der Waals surface area contributed by atoms with Crippen LogP contribution in [0.1, 0.15) is 110 Å². The van der Waals surface area contributed by atoms with E-state index in [0.717, 1.165) is 11.3 Å². The van der Waals surface area contributed by atoms with Crippen molar-refractivity contribution in [2.45, 2.75) is 100 Å². The fourth-order valence-electron chi connectivity index (χ4n) is 9.25. The third-order valence-corrected chi connectivity index (χ3v) is 14.8. The maximum Gasteiger partial charge on any atom is 0.360 e. The minimum atomic E-state index is -3.91. The van der Waals surface area contributed by atoms with Crippen molar-refractivity contribution in [1.29, 1.82) is 0 Å². The van der Waals surface area contributed by atoms with E-state index in [0.29, 0.717) is 63.7 Å². The second kappa shape index (κ2) is 26.2. The third-order valence-electron chi connectivity index (χ3n) is 12.7. The van der Waals surface area contributed by atoms with Crippen molar-refractivity contribution in [3.63, 3.8) is 0 Å². The van der Waals surface area contributed by atoms with Gasteiger partial charge in [0, 0.05) is 58.6 Å². The van der Waals surface area contributed by atoms with Crippen molar-refractivity contribution in [2.24, 2.45) is 5.41 Å². The van der Waals surface area contributed by atoms with Crippen LogP contribution >= 0.6 is 7.60 Å². The number of nitro benzene ring substituents is 1. The number of dihydropyridines is 2. The van der Waals surface area contributed by atoms with E-state index in [4.69, 9.17) is 28.0 Å². The van der Waals surface area contributed by atoms with Gasteiger partial charge < -0.3 is 43.5 Å². The predicted octanol–water partition coefficient (Wildman–Crippen LogP) is 11.7. The Bertz CT molecular complexity index is 3030. The number of para-hydroxylation sites is 1. The van der Waals surface area contributed by atoms with Gasteiger partial charge in [-0.1, -0.05) is 98.8 Å². The number of allylic oxidation sites excluding steroid dienone is 5. The molecule has 17 nitrogen and oxygen atoms in total. The van der Waals surface area contributed by atoms with Crippen molar-refractivity contribution in [3.05, 3.63) is 192 Å². The minimum absolute atomic E-state index is 0.0654. The second-order valence-corrected chi connectivity index (χ2v) is 22.6. The zero-order valence-electron chi connectivity index (χ0n) is 46.3. The van der Waals surface area contributed by atoms with Crippen molar-refractivity contribution >= 4 is 48.9 Å². The van der Waals surface area contributed by atoms with Crippen LogP contribution in [-0.4, -0.2) is 74.0 Å². The molecule has 78 heavy (non-hydrogen) atoms. The van der Waals surface area contributed by atoms with E-state index in [9.17, 15) is 33.9 Å². The second-order valence-electron chi connectivity index (χ2n) is 20.6. The van der Waals surface area contributed by atoms with Crippen LogP contribution in [0.25, 0.3) is 6.08 Å². The highest BCUT2D eigenvalue weighted by Gasteiger charge is 2.48. The summed E-state index contributed by atoms with van der Waals surface area (Å²) in [5, 5.41) is 18.3. The Balaban J connectivity index is 0.000000266. The SMILES string of the molecule is CC1=C(C(=O)OCCN(Cc2ccccc2)c2ccccc2)C(c2cccc([N+](=O)[O-])c2)C(P2(=O)OCC(C)(C)CO2)=C(C)N1.CCOC(=O)C1=C(C)NC(C)=C(C(=O)OCC)C1c1ccccc1/C=C/C(=O)OC(C)(C)C. The van der Waals surface area contributed by atoms with E-state index in [1.54, 1.807) is 80.5 Å². The van der Waals surface area contributed by atoms with Crippen LogP contribution < -0.4 is 15.5 Å². The molecule has 0 bridgehead atoms. The van der Waals surface area contributed by atoms with Gasteiger partial charge in [0.05, 0.1) is 71.8 Å². The lowest BCUT2D eigenvalue weighted by atomic mass is 9.78.